The van der Waals surface area contributed by atoms with Crippen molar-refractivity contribution in [3.63, 3.8) is 0 Å². The van der Waals surface area contributed by atoms with Crippen molar-refractivity contribution >= 4 is 34.8 Å². The number of hydrogen-bond acceptors (Lipinski definition) is 9. The first-order chi connectivity index (χ1) is 24.9. The fourth-order valence-corrected chi connectivity index (χ4v) is 5.42. The van der Waals surface area contributed by atoms with Crippen LogP contribution in [0.1, 0.15) is 33.8 Å². The maximum atomic E-state index is 6.14. The maximum absolute atomic E-state index is 6.14. The minimum Gasteiger partial charge on any atom is -0.487 e. The van der Waals surface area contributed by atoms with Crippen LogP contribution in [0.4, 0.5) is 0 Å². The average molecular weight is 743 g/mol. The van der Waals surface area contributed by atoms with Crippen LogP contribution in [0.2, 0.25) is 15.1 Å². The second kappa shape index (κ2) is 16.1. The molecule has 7 rings (SSSR count). The van der Waals surface area contributed by atoms with Gasteiger partial charge in [0.25, 0.3) is 0 Å². The number of rotatable bonds is 15. The van der Waals surface area contributed by atoms with E-state index < -0.39 is 0 Å². The van der Waals surface area contributed by atoms with Gasteiger partial charge >= 0.3 is 0 Å². The predicted molar refractivity (Wildman–Crippen MR) is 191 cm³/mol. The molecule has 0 saturated heterocycles. The lowest BCUT2D eigenvalue weighted by atomic mass is 10.2. The summed E-state index contributed by atoms with van der Waals surface area (Å²) in [6.45, 7) is 2.21. The summed E-state index contributed by atoms with van der Waals surface area (Å²) in [4.78, 5) is 0. The van der Waals surface area contributed by atoms with E-state index in [1.54, 1.807) is 32.2 Å². The van der Waals surface area contributed by atoms with Gasteiger partial charge in [-0.1, -0.05) is 86.8 Å². The van der Waals surface area contributed by atoms with E-state index in [2.05, 4.69) is 30.9 Å². The summed E-state index contributed by atoms with van der Waals surface area (Å²) in [7, 11) is 0. The van der Waals surface area contributed by atoms with Crippen molar-refractivity contribution in [3.8, 4) is 17.2 Å². The Morgan fingerprint density at radius 3 is 0.961 bits per heavy atom. The largest absolute Gasteiger partial charge is 0.487 e. The van der Waals surface area contributed by atoms with Crippen molar-refractivity contribution in [2.75, 3.05) is 0 Å². The zero-order valence-electron chi connectivity index (χ0n) is 27.0. The Labute approximate surface area is 308 Å². The minimum atomic E-state index is 0.182. The quantitative estimate of drug-likeness (QED) is 0.107. The molecule has 7 aromatic rings. The maximum Gasteiger partial charge on any atom is 0.134 e. The van der Waals surface area contributed by atoms with Gasteiger partial charge in [-0.25, -0.2) is 14.0 Å². The number of hydrogen-bond donors (Lipinski definition) is 0. The third-order valence-corrected chi connectivity index (χ3v) is 8.30. The molecular weight excluding hydrogens is 713 g/mol. The minimum absolute atomic E-state index is 0.182. The second-order valence-corrected chi connectivity index (χ2v) is 12.9. The van der Waals surface area contributed by atoms with Crippen molar-refractivity contribution in [1.82, 2.24) is 45.0 Å². The predicted octanol–water partition coefficient (Wildman–Crippen LogP) is 7.30. The lowest BCUT2D eigenvalue weighted by molar-refractivity contribution is 0.270. The van der Waals surface area contributed by atoms with Gasteiger partial charge in [0, 0.05) is 33.3 Å². The molecule has 0 radical (unpaired) electrons. The zero-order valence-corrected chi connectivity index (χ0v) is 29.3. The molecule has 0 atom stereocenters. The standard InChI is InChI=1S/C36H30Cl3N9O3/c37-28-7-1-25(2-8-28)16-46-19-31(40-43-46)22-49-34-13-35(50-23-32-20-47(44-41-32)17-26-3-9-29(38)10-4-26)15-36(14-34)51-24-33-21-48(45-42-33)18-27-5-11-30(39)12-6-27/h1-15,19-21H,16-18,22-24H2. The highest BCUT2D eigenvalue weighted by Gasteiger charge is 2.11. The van der Waals surface area contributed by atoms with Crippen LogP contribution in [-0.4, -0.2) is 45.0 Å². The molecule has 0 bridgehead atoms. The lowest BCUT2D eigenvalue weighted by Crippen LogP contribution is -2.01. The van der Waals surface area contributed by atoms with Gasteiger partial charge in [0.05, 0.1) is 38.2 Å². The number of aromatic nitrogens is 9. The summed E-state index contributed by atoms with van der Waals surface area (Å²) in [5, 5.41) is 27.5. The molecule has 0 saturated carbocycles. The summed E-state index contributed by atoms with van der Waals surface area (Å²) in [6, 6.07) is 28.1. The Kier molecular flexibility index (Phi) is 10.7. The van der Waals surface area contributed by atoms with E-state index in [9.17, 15) is 0 Å². The van der Waals surface area contributed by atoms with Crippen molar-refractivity contribution in [1.29, 1.82) is 0 Å². The third kappa shape index (κ3) is 9.85. The molecule has 0 fully saturated rings. The average Bonchev–Trinajstić information content (AvgIpc) is 3.90. The smallest absolute Gasteiger partial charge is 0.134 e. The van der Waals surface area contributed by atoms with E-state index in [0.29, 0.717) is 69.0 Å². The first-order valence-electron chi connectivity index (χ1n) is 15.8. The van der Waals surface area contributed by atoms with E-state index in [-0.39, 0.29) is 19.8 Å². The van der Waals surface area contributed by atoms with Crippen LogP contribution < -0.4 is 14.2 Å². The van der Waals surface area contributed by atoms with E-state index in [0.717, 1.165) is 16.7 Å². The molecule has 51 heavy (non-hydrogen) atoms. The topological polar surface area (TPSA) is 120 Å². The molecule has 0 unspecified atom stereocenters. The highest BCUT2D eigenvalue weighted by atomic mass is 35.5. The Morgan fingerprint density at radius 1 is 0.412 bits per heavy atom. The van der Waals surface area contributed by atoms with Crippen molar-refractivity contribution in [2.45, 2.75) is 39.5 Å². The Bertz CT molecular complexity index is 1930. The monoisotopic (exact) mass is 741 g/mol. The number of nitrogens with zero attached hydrogens (tertiary/aromatic N) is 9. The summed E-state index contributed by atoms with van der Waals surface area (Å²) >= 11 is 18.1. The molecule has 0 aliphatic carbocycles. The Hall–Kier alpha value is -5.43. The SMILES string of the molecule is Clc1ccc(Cn2cc(COc3cc(OCc4cn(Cc5ccc(Cl)cc5)nn4)cc(OCc4cn(Cc5ccc(Cl)cc5)nn4)c3)nn2)cc1. The zero-order chi connectivity index (χ0) is 35.0. The lowest BCUT2D eigenvalue weighted by Gasteiger charge is -2.12. The van der Waals surface area contributed by atoms with E-state index in [1.165, 1.54) is 0 Å². The van der Waals surface area contributed by atoms with Crippen LogP contribution in [0.25, 0.3) is 0 Å². The highest BCUT2D eigenvalue weighted by molar-refractivity contribution is 6.31. The molecule has 0 aliphatic rings. The van der Waals surface area contributed by atoms with Crippen molar-refractivity contribution in [2.24, 2.45) is 0 Å². The van der Waals surface area contributed by atoms with Crippen LogP contribution in [0.5, 0.6) is 17.2 Å². The molecule has 4 aromatic carbocycles. The van der Waals surface area contributed by atoms with Gasteiger partial charge in [0.15, 0.2) is 0 Å². The first-order valence-corrected chi connectivity index (χ1v) is 17.0. The molecule has 3 heterocycles. The fourth-order valence-electron chi connectivity index (χ4n) is 5.04. The van der Waals surface area contributed by atoms with Crippen molar-refractivity contribution in [3.05, 3.63) is 158 Å². The summed E-state index contributed by atoms with van der Waals surface area (Å²) in [5.74, 6) is 1.56. The molecule has 258 valence electrons. The Balaban J connectivity index is 1.01. The summed E-state index contributed by atoms with van der Waals surface area (Å²) in [5.41, 5.74) is 5.14. The van der Waals surface area contributed by atoms with Crippen molar-refractivity contribution < 1.29 is 14.2 Å². The normalized spacial score (nSPS) is 11.1. The van der Waals surface area contributed by atoms with Crippen LogP contribution in [-0.2, 0) is 39.5 Å². The first kappa shape index (κ1) is 34.0. The number of benzene rings is 4. The van der Waals surface area contributed by atoms with Crippen LogP contribution >= 0.6 is 34.8 Å². The Morgan fingerprint density at radius 2 is 0.686 bits per heavy atom. The molecule has 0 amide bonds. The molecule has 3 aromatic heterocycles. The van der Waals surface area contributed by atoms with Gasteiger partial charge in [0.1, 0.15) is 54.2 Å². The summed E-state index contributed by atoms with van der Waals surface area (Å²) in [6.07, 6.45) is 5.52. The van der Waals surface area contributed by atoms with Crippen LogP contribution in [0.15, 0.2) is 110 Å². The third-order valence-electron chi connectivity index (χ3n) is 7.55. The van der Waals surface area contributed by atoms with E-state index >= 15 is 0 Å². The number of halogens is 3. The van der Waals surface area contributed by atoms with Crippen LogP contribution in [0.3, 0.4) is 0 Å². The van der Waals surface area contributed by atoms with Gasteiger partial charge in [-0.05, 0) is 53.1 Å². The van der Waals surface area contributed by atoms with Gasteiger partial charge < -0.3 is 14.2 Å². The molecule has 0 aliphatic heterocycles. The molecule has 15 heteroatoms. The second-order valence-electron chi connectivity index (χ2n) is 11.6. The van der Waals surface area contributed by atoms with Gasteiger partial charge in [-0.3, -0.25) is 0 Å². The molecule has 0 spiro atoms. The van der Waals surface area contributed by atoms with E-state index in [1.807, 2.05) is 91.4 Å². The number of ether oxygens (including phenoxy) is 3. The van der Waals surface area contributed by atoms with Gasteiger partial charge in [-0.2, -0.15) is 0 Å². The summed E-state index contributed by atoms with van der Waals surface area (Å²) < 4.78 is 23.7. The fraction of sp³-hybridized carbons (Fsp3) is 0.167. The van der Waals surface area contributed by atoms with Crippen LogP contribution in [0, 0.1) is 0 Å². The highest BCUT2D eigenvalue weighted by Crippen LogP contribution is 2.29. The van der Waals surface area contributed by atoms with Gasteiger partial charge in [0.2, 0.25) is 0 Å². The van der Waals surface area contributed by atoms with E-state index in [4.69, 9.17) is 49.0 Å². The molecular formula is C36H30Cl3N9O3. The molecule has 0 N–H and O–H groups in total. The molecule has 12 nitrogen and oxygen atoms in total. The van der Waals surface area contributed by atoms with Gasteiger partial charge in [-0.15, -0.1) is 15.3 Å².